The van der Waals surface area contributed by atoms with Crippen molar-refractivity contribution in [2.45, 2.75) is 39.2 Å². The van der Waals surface area contributed by atoms with E-state index < -0.39 is 0 Å². The molecule has 1 saturated heterocycles. The number of hydrogen-bond acceptors (Lipinski definition) is 2. The number of carbonyl (C=O) groups is 2. The molecule has 1 aliphatic carbocycles. The highest BCUT2D eigenvalue weighted by atomic mass is 16.2. The fourth-order valence-corrected chi connectivity index (χ4v) is 2.66. The fraction of sp³-hybridized carbons (Fsp3) is 0.800. The van der Waals surface area contributed by atoms with Crippen molar-refractivity contribution in [3.63, 3.8) is 0 Å². The minimum absolute atomic E-state index is 0.0496. The number of fused-ring (bicyclic) bond motifs is 2. The van der Waals surface area contributed by atoms with Gasteiger partial charge in [-0.3, -0.25) is 10.1 Å². The summed E-state index contributed by atoms with van der Waals surface area (Å²) in [6.07, 6.45) is 1.74. The zero-order chi connectivity index (χ0) is 10.6. The highest BCUT2D eigenvalue weighted by Crippen LogP contribution is 2.50. The van der Waals surface area contributed by atoms with Gasteiger partial charge in [-0.1, -0.05) is 13.8 Å². The van der Waals surface area contributed by atoms with E-state index in [0.29, 0.717) is 0 Å². The number of hydrogen-bond donors (Lipinski definition) is 2. The van der Waals surface area contributed by atoms with Gasteiger partial charge in [0.2, 0.25) is 5.91 Å². The molecule has 2 N–H and O–H groups in total. The number of rotatable bonds is 0. The lowest BCUT2D eigenvalue weighted by molar-refractivity contribution is -0.126. The third-order valence-electron chi connectivity index (χ3n) is 4.17. The van der Waals surface area contributed by atoms with Crippen molar-refractivity contribution in [3.05, 3.63) is 0 Å². The molecular formula is C10H16N2O2. The summed E-state index contributed by atoms with van der Waals surface area (Å²) in [5, 5.41) is 5.26. The maximum Gasteiger partial charge on any atom is 0.321 e. The number of nitrogens with one attached hydrogen (secondary N) is 2. The topological polar surface area (TPSA) is 58.2 Å². The van der Waals surface area contributed by atoms with E-state index in [2.05, 4.69) is 24.5 Å². The van der Waals surface area contributed by atoms with Crippen LogP contribution in [0.15, 0.2) is 0 Å². The molecule has 0 aromatic heterocycles. The summed E-state index contributed by atoms with van der Waals surface area (Å²) in [6, 6.07) is -0.354. The van der Waals surface area contributed by atoms with Gasteiger partial charge in [0.25, 0.3) is 0 Å². The summed E-state index contributed by atoms with van der Waals surface area (Å²) in [6.45, 7) is 6.12. The van der Waals surface area contributed by atoms with Crippen LogP contribution in [0.1, 0.15) is 33.6 Å². The van der Waals surface area contributed by atoms with Crippen LogP contribution in [0.5, 0.6) is 0 Å². The fourth-order valence-electron chi connectivity index (χ4n) is 2.66. The Morgan fingerprint density at radius 1 is 1.29 bits per heavy atom. The van der Waals surface area contributed by atoms with Gasteiger partial charge in [-0.15, -0.1) is 0 Å². The smallest absolute Gasteiger partial charge is 0.321 e. The molecule has 0 radical (unpaired) electrons. The molecule has 2 unspecified atom stereocenters. The molecule has 2 atom stereocenters. The predicted molar refractivity (Wildman–Crippen MR) is 51.6 cm³/mol. The highest BCUT2D eigenvalue weighted by molar-refractivity contribution is 5.97. The van der Waals surface area contributed by atoms with E-state index in [-0.39, 0.29) is 28.8 Å². The van der Waals surface area contributed by atoms with Gasteiger partial charge in [0.15, 0.2) is 0 Å². The number of urea groups is 1. The van der Waals surface area contributed by atoms with E-state index in [9.17, 15) is 9.59 Å². The Balaban J connectivity index is 2.45. The largest absolute Gasteiger partial charge is 0.332 e. The van der Waals surface area contributed by atoms with Gasteiger partial charge in [0, 0.05) is 11.5 Å². The molecule has 14 heavy (non-hydrogen) atoms. The monoisotopic (exact) mass is 196 g/mol. The molecule has 4 heteroatoms. The van der Waals surface area contributed by atoms with Gasteiger partial charge in [-0.2, -0.15) is 0 Å². The second-order valence-electron chi connectivity index (χ2n) is 5.09. The molecule has 2 bridgehead atoms. The zero-order valence-corrected chi connectivity index (χ0v) is 8.81. The van der Waals surface area contributed by atoms with Gasteiger partial charge < -0.3 is 5.32 Å². The third-order valence-corrected chi connectivity index (χ3v) is 4.17. The lowest BCUT2D eigenvalue weighted by Gasteiger charge is -2.38. The maximum absolute atomic E-state index is 11.7. The molecule has 78 valence electrons. The summed E-state index contributed by atoms with van der Waals surface area (Å²) in [7, 11) is 0. The average Bonchev–Trinajstić information content (AvgIpc) is 2.18. The molecule has 1 heterocycles. The summed E-state index contributed by atoms with van der Waals surface area (Å²) in [5.74, 6) is -0.180. The van der Waals surface area contributed by atoms with E-state index in [4.69, 9.17) is 0 Å². The van der Waals surface area contributed by atoms with Gasteiger partial charge in [-0.05, 0) is 25.2 Å². The molecule has 0 spiro atoms. The lowest BCUT2D eigenvalue weighted by atomic mass is 9.71. The molecule has 2 rings (SSSR count). The summed E-state index contributed by atoms with van der Waals surface area (Å²) in [5.41, 5.74) is -0.419. The second-order valence-corrected chi connectivity index (χ2v) is 5.09. The van der Waals surface area contributed by atoms with Crippen LogP contribution in [-0.2, 0) is 4.79 Å². The highest BCUT2D eigenvalue weighted by Gasteiger charge is 2.56. The SMILES string of the molecule is CC12CCC(C(=O)NC(=O)N1)C2(C)C. The van der Waals surface area contributed by atoms with Crippen LogP contribution in [0.2, 0.25) is 0 Å². The Labute approximate surface area is 83.4 Å². The minimum Gasteiger partial charge on any atom is -0.332 e. The first kappa shape index (κ1) is 9.49. The predicted octanol–water partition coefficient (Wildman–Crippen LogP) is 1.02. The Bertz CT molecular complexity index is 308. The first-order valence-corrected chi connectivity index (χ1v) is 5.00. The second kappa shape index (κ2) is 2.49. The summed E-state index contributed by atoms with van der Waals surface area (Å²) in [4.78, 5) is 23.0. The van der Waals surface area contributed by atoms with Crippen LogP contribution >= 0.6 is 0 Å². The molecule has 4 nitrogen and oxygen atoms in total. The van der Waals surface area contributed by atoms with Crippen molar-refractivity contribution in [3.8, 4) is 0 Å². The molecule has 3 amide bonds. The Morgan fingerprint density at radius 2 is 1.93 bits per heavy atom. The van der Waals surface area contributed by atoms with Crippen molar-refractivity contribution in [1.82, 2.24) is 10.6 Å². The molecule has 0 aromatic rings. The van der Waals surface area contributed by atoms with Crippen LogP contribution in [0.4, 0.5) is 4.79 Å². The van der Waals surface area contributed by atoms with Gasteiger partial charge in [0.1, 0.15) is 0 Å². The van der Waals surface area contributed by atoms with Crippen LogP contribution in [-0.4, -0.2) is 17.5 Å². The maximum atomic E-state index is 11.7. The van der Waals surface area contributed by atoms with Gasteiger partial charge in [-0.25, -0.2) is 4.79 Å². The van der Waals surface area contributed by atoms with Crippen LogP contribution in [0.25, 0.3) is 0 Å². The van der Waals surface area contributed by atoms with Crippen molar-refractivity contribution < 1.29 is 9.59 Å². The molecule has 1 saturated carbocycles. The first-order valence-electron chi connectivity index (χ1n) is 5.00. The third kappa shape index (κ3) is 0.996. The molecular weight excluding hydrogens is 180 g/mol. The van der Waals surface area contributed by atoms with Crippen molar-refractivity contribution in [2.75, 3.05) is 0 Å². The van der Waals surface area contributed by atoms with Crippen LogP contribution in [0, 0.1) is 11.3 Å². The molecule has 2 aliphatic rings. The molecule has 2 fully saturated rings. The Morgan fingerprint density at radius 3 is 2.57 bits per heavy atom. The van der Waals surface area contributed by atoms with E-state index in [1.54, 1.807) is 0 Å². The number of carbonyl (C=O) groups excluding carboxylic acids is 2. The van der Waals surface area contributed by atoms with E-state index in [1.807, 2.05) is 6.92 Å². The van der Waals surface area contributed by atoms with E-state index in [1.165, 1.54) is 0 Å². The van der Waals surface area contributed by atoms with Crippen LogP contribution in [0.3, 0.4) is 0 Å². The van der Waals surface area contributed by atoms with Crippen molar-refractivity contribution in [2.24, 2.45) is 11.3 Å². The zero-order valence-electron chi connectivity index (χ0n) is 8.81. The number of imide groups is 1. The lowest BCUT2D eigenvalue weighted by Crippen LogP contribution is -2.53. The van der Waals surface area contributed by atoms with E-state index >= 15 is 0 Å². The van der Waals surface area contributed by atoms with Crippen molar-refractivity contribution in [1.29, 1.82) is 0 Å². The standard InChI is InChI=1S/C10H16N2O2/c1-9(2)6-4-5-10(9,3)12-8(14)11-7(6)13/h6H,4-5H2,1-3H3,(H2,11,12,13,14). The molecule has 0 aromatic carbocycles. The van der Waals surface area contributed by atoms with Crippen LogP contribution < -0.4 is 10.6 Å². The summed E-state index contributed by atoms with van der Waals surface area (Å²) >= 11 is 0. The Hall–Kier alpha value is -1.06. The summed E-state index contributed by atoms with van der Waals surface area (Å²) < 4.78 is 0. The van der Waals surface area contributed by atoms with E-state index in [0.717, 1.165) is 12.8 Å². The van der Waals surface area contributed by atoms with Gasteiger partial charge >= 0.3 is 6.03 Å². The normalized spacial score (nSPS) is 40.1. The van der Waals surface area contributed by atoms with Gasteiger partial charge in [0.05, 0.1) is 0 Å². The molecule has 1 aliphatic heterocycles. The quantitative estimate of drug-likeness (QED) is 0.607. The Kier molecular flexibility index (Phi) is 1.69. The minimum atomic E-state index is -0.354. The number of amides is 3. The first-order chi connectivity index (χ1) is 6.37. The average molecular weight is 196 g/mol. The van der Waals surface area contributed by atoms with Crippen molar-refractivity contribution >= 4 is 11.9 Å².